The first-order chi connectivity index (χ1) is 9.28. The molecule has 1 aliphatic heterocycles. The first kappa shape index (κ1) is 12.7. The lowest BCUT2D eigenvalue weighted by molar-refractivity contribution is 0.101. The molecule has 0 spiro atoms. The van der Waals surface area contributed by atoms with Gasteiger partial charge in [-0.3, -0.25) is 0 Å². The molecular weight excluding hydrogens is 260 g/mol. The van der Waals surface area contributed by atoms with E-state index in [4.69, 9.17) is 21.7 Å². The summed E-state index contributed by atoms with van der Waals surface area (Å²) < 4.78 is 13.8. The highest BCUT2D eigenvalue weighted by Gasteiger charge is 2.16. The fourth-order valence-corrected chi connectivity index (χ4v) is 2.93. The number of nitrogens with zero attached hydrogens (tertiary/aromatic N) is 1. The lowest BCUT2D eigenvalue weighted by Crippen LogP contribution is -2.10. The molecule has 1 aromatic carbocycles. The number of aromatic amines is 1. The van der Waals surface area contributed by atoms with Crippen LogP contribution < -0.4 is 4.74 Å². The number of imidazole rings is 1. The molecule has 1 saturated heterocycles. The monoisotopic (exact) mass is 278 g/mol. The maximum atomic E-state index is 5.67. The van der Waals surface area contributed by atoms with E-state index in [0.717, 1.165) is 41.1 Å². The van der Waals surface area contributed by atoms with E-state index in [9.17, 15) is 0 Å². The third-order valence-corrected chi connectivity index (χ3v) is 4.00. The Balaban J connectivity index is 1.88. The first-order valence-electron chi connectivity index (χ1n) is 6.66. The number of aromatic nitrogens is 2. The zero-order valence-corrected chi connectivity index (χ0v) is 11.8. The normalized spacial score (nSPS) is 19.1. The molecule has 19 heavy (non-hydrogen) atoms. The summed E-state index contributed by atoms with van der Waals surface area (Å²) in [6.45, 7) is 1.79. The third kappa shape index (κ3) is 2.53. The molecule has 2 heterocycles. The van der Waals surface area contributed by atoms with Crippen molar-refractivity contribution in [3.05, 3.63) is 23.0 Å². The predicted molar refractivity (Wildman–Crippen MR) is 77.3 cm³/mol. The van der Waals surface area contributed by atoms with E-state index in [1.54, 1.807) is 7.11 Å². The molecule has 1 N–H and O–H groups in total. The van der Waals surface area contributed by atoms with Crippen molar-refractivity contribution >= 4 is 23.3 Å². The first-order valence-corrected chi connectivity index (χ1v) is 7.07. The van der Waals surface area contributed by atoms with Crippen molar-refractivity contribution in [3.63, 3.8) is 0 Å². The van der Waals surface area contributed by atoms with Gasteiger partial charge in [-0.05, 0) is 43.6 Å². The van der Waals surface area contributed by atoms with E-state index in [1.165, 1.54) is 12.8 Å². The van der Waals surface area contributed by atoms with Crippen LogP contribution in [0.15, 0.2) is 18.2 Å². The minimum absolute atomic E-state index is 0.387. The van der Waals surface area contributed by atoms with Crippen molar-refractivity contribution in [1.29, 1.82) is 0 Å². The summed E-state index contributed by atoms with van der Waals surface area (Å²) in [6.07, 6.45) is 3.74. The van der Waals surface area contributed by atoms with Gasteiger partial charge in [-0.25, -0.2) is 0 Å². The van der Waals surface area contributed by atoms with Crippen LogP contribution in [-0.2, 0) is 11.3 Å². The predicted octanol–water partition coefficient (Wildman–Crippen LogP) is 3.28. The number of hydrogen-bond acceptors (Lipinski definition) is 3. The summed E-state index contributed by atoms with van der Waals surface area (Å²) in [6, 6.07) is 5.97. The smallest absolute Gasteiger partial charge is 0.178 e. The molecule has 1 atom stereocenters. The van der Waals surface area contributed by atoms with Crippen LogP contribution in [0.5, 0.6) is 5.75 Å². The van der Waals surface area contributed by atoms with Gasteiger partial charge in [-0.15, -0.1) is 0 Å². The average Bonchev–Trinajstić information content (AvgIpc) is 3.03. The van der Waals surface area contributed by atoms with E-state index in [2.05, 4.69) is 9.55 Å². The van der Waals surface area contributed by atoms with Gasteiger partial charge < -0.3 is 19.0 Å². The van der Waals surface area contributed by atoms with Gasteiger partial charge in [0.05, 0.1) is 24.2 Å². The Hall–Kier alpha value is -1.33. The summed E-state index contributed by atoms with van der Waals surface area (Å²) in [5.41, 5.74) is 2.15. The van der Waals surface area contributed by atoms with Crippen LogP contribution in [-0.4, -0.2) is 29.4 Å². The minimum atomic E-state index is 0.387. The Bertz CT molecular complexity index is 626. The fourth-order valence-electron chi connectivity index (χ4n) is 2.63. The van der Waals surface area contributed by atoms with E-state index in [1.807, 2.05) is 18.2 Å². The van der Waals surface area contributed by atoms with Gasteiger partial charge in [0.1, 0.15) is 5.75 Å². The topological polar surface area (TPSA) is 39.2 Å². The maximum Gasteiger partial charge on any atom is 0.178 e. The van der Waals surface area contributed by atoms with Gasteiger partial charge in [0, 0.05) is 19.2 Å². The Morgan fingerprint density at radius 3 is 3.16 bits per heavy atom. The highest BCUT2D eigenvalue weighted by molar-refractivity contribution is 7.71. The number of H-pyrrole nitrogens is 1. The Morgan fingerprint density at radius 2 is 2.42 bits per heavy atom. The number of nitrogens with one attached hydrogen (secondary N) is 1. The van der Waals surface area contributed by atoms with E-state index < -0.39 is 0 Å². The Kier molecular flexibility index (Phi) is 3.57. The molecule has 2 aromatic rings. The van der Waals surface area contributed by atoms with Crippen molar-refractivity contribution in [3.8, 4) is 5.75 Å². The third-order valence-electron chi connectivity index (χ3n) is 3.68. The number of ether oxygens (including phenoxy) is 2. The van der Waals surface area contributed by atoms with Crippen molar-refractivity contribution in [2.45, 2.75) is 31.9 Å². The minimum Gasteiger partial charge on any atom is -0.497 e. The van der Waals surface area contributed by atoms with Gasteiger partial charge in [0.2, 0.25) is 0 Å². The highest BCUT2D eigenvalue weighted by Crippen LogP contribution is 2.22. The molecule has 0 bridgehead atoms. The van der Waals surface area contributed by atoms with Crippen LogP contribution in [0.25, 0.3) is 11.0 Å². The Morgan fingerprint density at radius 1 is 1.53 bits per heavy atom. The summed E-state index contributed by atoms with van der Waals surface area (Å²) in [5.74, 6) is 0.854. The van der Waals surface area contributed by atoms with E-state index in [0.29, 0.717) is 6.10 Å². The summed E-state index contributed by atoms with van der Waals surface area (Å²) in [5, 5.41) is 0. The summed E-state index contributed by atoms with van der Waals surface area (Å²) >= 11 is 5.40. The maximum absolute atomic E-state index is 5.67. The summed E-state index contributed by atoms with van der Waals surface area (Å²) in [4.78, 5) is 3.24. The molecule has 4 nitrogen and oxygen atoms in total. The second-order valence-corrected chi connectivity index (χ2v) is 5.28. The molecule has 1 aromatic heterocycles. The van der Waals surface area contributed by atoms with Crippen LogP contribution in [0, 0.1) is 4.77 Å². The number of methoxy groups -OCH3 is 1. The Labute approximate surface area is 117 Å². The van der Waals surface area contributed by atoms with Crippen LogP contribution in [0.4, 0.5) is 0 Å². The van der Waals surface area contributed by atoms with Gasteiger partial charge in [0.25, 0.3) is 0 Å². The summed E-state index contributed by atoms with van der Waals surface area (Å²) in [7, 11) is 1.68. The molecule has 1 unspecified atom stereocenters. The fraction of sp³-hybridized carbons (Fsp3) is 0.500. The number of hydrogen-bond donors (Lipinski definition) is 1. The SMILES string of the molecule is COc1ccc2[nH]c(=S)n(CCC3CCCO3)c2c1. The van der Waals surface area contributed by atoms with Crippen LogP contribution in [0.1, 0.15) is 19.3 Å². The zero-order chi connectivity index (χ0) is 13.2. The van der Waals surface area contributed by atoms with Crippen LogP contribution in [0.2, 0.25) is 0 Å². The standard InChI is InChI=1S/C14H18N2O2S/c1-17-11-4-5-12-13(9-11)16(14(19)15-12)7-6-10-3-2-8-18-10/h4-5,9-10H,2-3,6-8H2,1H3,(H,15,19). The molecular formula is C14H18N2O2S. The van der Waals surface area contributed by atoms with Crippen molar-refractivity contribution in [2.75, 3.05) is 13.7 Å². The molecule has 102 valence electrons. The van der Waals surface area contributed by atoms with Crippen molar-refractivity contribution in [2.24, 2.45) is 0 Å². The molecule has 1 aliphatic rings. The van der Waals surface area contributed by atoms with E-state index >= 15 is 0 Å². The molecule has 1 fully saturated rings. The quantitative estimate of drug-likeness (QED) is 0.872. The second kappa shape index (κ2) is 5.35. The number of benzene rings is 1. The molecule has 0 aliphatic carbocycles. The van der Waals surface area contributed by atoms with Gasteiger partial charge in [-0.1, -0.05) is 0 Å². The van der Waals surface area contributed by atoms with Gasteiger partial charge >= 0.3 is 0 Å². The van der Waals surface area contributed by atoms with Gasteiger partial charge in [0.15, 0.2) is 4.77 Å². The molecule has 0 amide bonds. The highest BCUT2D eigenvalue weighted by atomic mass is 32.1. The van der Waals surface area contributed by atoms with Crippen LogP contribution >= 0.6 is 12.2 Å². The van der Waals surface area contributed by atoms with Crippen molar-refractivity contribution in [1.82, 2.24) is 9.55 Å². The molecule has 0 saturated carbocycles. The lowest BCUT2D eigenvalue weighted by Gasteiger charge is -2.10. The van der Waals surface area contributed by atoms with E-state index in [-0.39, 0.29) is 0 Å². The molecule has 3 rings (SSSR count). The second-order valence-electron chi connectivity index (χ2n) is 4.89. The largest absolute Gasteiger partial charge is 0.497 e. The zero-order valence-electron chi connectivity index (χ0n) is 11.0. The lowest BCUT2D eigenvalue weighted by atomic mass is 10.2. The average molecular weight is 278 g/mol. The van der Waals surface area contributed by atoms with Gasteiger partial charge in [-0.2, -0.15) is 0 Å². The number of aryl methyl sites for hydroxylation is 1. The molecule has 0 radical (unpaired) electrons. The number of rotatable bonds is 4. The molecule has 5 heteroatoms. The number of fused-ring (bicyclic) bond motifs is 1. The van der Waals surface area contributed by atoms with Crippen LogP contribution in [0.3, 0.4) is 0 Å². The van der Waals surface area contributed by atoms with Crippen molar-refractivity contribution < 1.29 is 9.47 Å².